The summed E-state index contributed by atoms with van der Waals surface area (Å²) in [6.07, 6.45) is 7.87. The molecule has 2 aromatic heterocycles. The van der Waals surface area contributed by atoms with E-state index in [1.54, 1.807) is 0 Å². The number of hydrogen-bond acceptors (Lipinski definition) is 4. The Labute approximate surface area is 119 Å². The average molecular weight is 271 g/mol. The van der Waals surface area contributed by atoms with E-state index in [4.69, 9.17) is 0 Å². The summed E-state index contributed by atoms with van der Waals surface area (Å²) in [4.78, 5) is 9.73. The van der Waals surface area contributed by atoms with E-state index in [0.29, 0.717) is 6.04 Å². The number of nitrogens with zero attached hydrogens (tertiary/aromatic N) is 5. The monoisotopic (exact) mass is 271 g/mol. The second-order valence-electron chi connectivity index (χ2n) is 6.00. The van der Waals surface area contributed by atoms with Crippen LogP contribution < -0.4 is 4.90 Å². The van der Waals surface area contributed by atoms with Crippen LogP contribution in [-0.4, -0.2) is 51.7 Å². The fraction of sp³-hybridized carbons (Fsp3) is 0.600. The molecule has 0 saturated carbocycles. The maximum absolute atomic E-state index is 4.63. The van der Waals surface area contributed by atoms with Gasteiger partial charge in [-0.1, -0.05) is 6.42 Å². The maximum atomic E-state index is 4.63. The van der Waals surface area contributed by atoms with E-state index in [9.17, 15) is 0 Å². The highest BCUT2D eigenvalue weighted by Gasteiger charge is 2.30. The lowest BCUT2D eigenvalue weighted by atomic mass is 9.99. The molecule has 2 aliphatic heterocycles. The number of piperidine rings is 1. The zero-order valence-electron chi connectivity index (χ0n) is 12.0. The molecule has 5 heteroatoms. The number of hydrogen-bond donors (Lipinski definition) is 0. The predicted molar refractivity (Wildman–Crippen MR) is 79.1 cm³/mol. The number of aromatic nitrogens is 3. The van der Waals surface area contributed by atoms with Crippen LogP contribution in [0.5, 0.6) is 0 Å². The zero-order chi connectivity index (χ0) is 13.5. The molecule has 2 saturated heterocycles. The Kier molecular flexibility index (Phi) is 2.88. The molecule has 2 aromatic rings. The summed E-state index contributed by atoms with van der Waals surface area (Å²) in [5.41, 5.74) is 2.19. The predicted octanol–water partition coefficient (Wildman–Crippen LogP) is 1.71. The summed E-state index contributed by atoms with van der Waals surface area (Å²) >= 11 is 0. The van der Waals surface area contributed by atoms with Gasteiger partial charge in [-0.3, -0.25) is 4.90 Å². The molecule has 5 nitrogen and oxygen atoms in total. The van der Waals surface area contributed by atoms with Crippen LogP contribution in [0.4, 0.5) is 5.82 Å². The van der Waals surface area contributed by atoms with E-state index in [-0.39, 0.29) is 0 Å². The molecular formula is C15H21N5. The fourth-order valence-corrected chi connectivity index (χ4v) is 3.62. The topological polar surface area (TPSA) is 36.7 Å². The summed E-state index contributed by atoms with van der Waals surface area (Å²) in [6, 6.07) is 2.85. The van der Waals surface area contributed by atoms with Crippen LogP contribution in [0, 0.1) is 6.92 Å². The second-order valence-corrected chi connectivity index (χ2v) is 6.00. The van der Waals surface area contributed by atoms with Gasteiger partial charge in [0.05, 0.1) is 5.69 Å². The van der Waals surface area contributed by atoms with Crippen molar-refractivity contribution < 1.29 is 0 Å². The first-order valence-corrected chi connectivity index (χ1v) is 7.61. The van der Waals surface area contributed by atoms with Crippen molar-refractivity contribution in [1.29, 1.82) is 0 Å². The number of rotatable bonds is 1. The van der Waals surface area contributed by atoms with Gasteiger partial charge in [-0.05, 0) is 32.4 Å². The second kappa shape index (κ2) is 4.74. The van der Waals surface area contributed by atoms with E-state index in [1.165, 1.54) is 32.4 Å². The van der Waals surface area contributed by atoms with Crippen molar-refractivity contribution in [2.24, 2.45) is 0 Å². The van der Waals surface area contributed by atoms with Gasteiger partial charge in [0.2, 0.25) is 0 Å². The molecule has 0 bridgehead atoms. The Hall–Kier alpha value is -1.62. The van der Waals surface area contributed by atoms with Crippen LogP contribution in [0.15, 0.2) is 18.5 Å². The van der Waals surface area contributed by atoms with Crippen LogP contribution in [0.25, 0.3) is 5.52 Å². The van der Waals surface area contributed by atoms with Gasteiger partial charge in [0.1, 0.15) is 5.52 Å². The van der Waals surface area contributed by atoms with E-state index in [2.05, 4.69) is 25.9 Å². The highest BCUT2D eigenvalue weighted by molar-refractivity contribution is 5.69. The highest BCUT2D eigenvalue weighted by Crippen LogP contribution is 2.26. The van der Waals surface area contributed by atoms with E-state index >= 15 is 0 Å². The number of aryl methyl sites for hydroxylation is 1. The van der Waals surface area contributed by atoms with E-state index < -0.39 is 0 Å². The standard InChI is InChI=1S/C15H21N5/c1-12-10-14-15(16-5-7-20(14)17-12)19-9-8-18-6-3-2-4-13(18)11-19/h5,7,10,13H,2-4,6,8-9,11H2,1H3. The highest BCUT2D eigenvalue weighted by atomic mass is 15.3. The maximum Gasteiger partial charge on any atom is 0.154 e. The minimum absolute atomic E-state index is 0.712. The first kappa shape index (κ1) is 12.1. The minimum atomic E-state index is 0.712. The van der Waals surface area contributed by atoms with Crippen molar-refractivity contribution in [1.82, 2.24) is 19.5 Å². The van der Waals surface area contributed by atoms with Crippen molar-refractivity contribution in [3.8, 4) is 0 Å². The molecule has 1 unspecified atom stereocenters. The zero-order valence-corrected chi connectivity index (χ0v) is 12.0. The van der Waals surface area contributed by atoms with Gasteiger partial charge < -0.3 is 4.90 Å². The number of fused-ring (bicyclic) bond motifs is 2. The van der Waals surface area contributed by atoms with Gasteiger partial charge in [0.25, 0.3) is 0 Å². The van der Waals surface area contributed by atoms with Gasteiger partial charge >= 0.3 is 0 Å². The molecule has 0 aromatic carbocycles. The summed E-state index contributed by atoms with van der Waals surface area (Å²) in [5.74, 6) is 1.10. The Morgan fingerprint density at radius 1 is 1.20 bits per heavy atom. The summed E-state index contributed by atoms with van der Waals surface area (Å²) in [7, 11) is 0. The van der Waals surface area contributed by atoms with E-state index in [1.807, 2.05) is 23.8 Å². The van der Waals surface area contributed by atoms with Crippen LogP contribution in [0.1, 0.15) is 25.0 Å². The smallest absolute Gasteiger partial charge is 0.154 e. The van der Waals surface area contributed by atoms with Gasteiger partial charge in [0.15, 0.2) is 5.82 Å². The third-order valence-corrected chi connectivity index (χ3v) is 4.63. The molecule has 20 heavy (non-hydrogen) atoms. The summed E-state index contributed by atoms with van der Waals surface area (Å²) in [5, 5.41) is 4.49. The fourth-order valence-electron chi connectivity index (χ4n) is 3.62. The van der Waals surface area contributed by atoms with E-state index in [0.717, 1.165) is 30.1 Å². The molecule has 0 N–H and O–H groups in total. The lowest BCUT2D eigenvalue weighted by Crippen LogP contribution is -2.55. The first-order valence-electron chi connectivity index (χ1n) is 7.61. The molecule has 0 aliphatic carbocycles. The summed E-state index contributed by atoms with van der Waals surface area (Å²) < 4.78 is 1.95. The Balaban J connectivity index is 1.66. The van der Waals surface area contributed by atoms with Gasteiger partial charge in [-0.25, -0.2) is 9.50 Å². The molecule has 2 aliphatic rings. The quantitative estimate of drug-likeness (QED) is 0.791. The molecule has 4 heterocycles. The molecule has 0 radical (unpaired) electrons. The minimum Gasteiger partial charge on any atom is -0.352 e. The molecule has 106 valence electrons. The Morgan fingerprint density at radius 3 is 3.10 bits per heavy atom. The van der Waals surface area contributed by atoms with Crippen LogP contribution in [-0.2, 0) is 0 Å². The van der Waals surface area contributed by atoms with Crippen molar-refractivity contribution in [2.45, 2.75) is 32.2 Å². The number of anilines is 1. The van der Waals surface area contributed by atoms with Gasteiger partial charge in [-0.2, -0.15) is 5.10 Å². The largest absolute Gasteiger partial charge is 0.352 e. The van der Waals surface area contributed by atoms with Gasteiger partial charge in [-0.15, -0.1) is 0 Å². The summed E-state index contributed by atoms with van der Waals surface area (Å²) in [6.45, 7) is 6.67. The van der Waals surface area contributed by atoms with Gasteiger partial charge in [0, 0.05) is 38.1 Å². The van der Waals surface area contributed by atoms with Crippen LogP contribution in [0.3, 0.4) is 0 Å². The molecule has 0 amide bonds. The van der Waals surface area contributed by atoms with Crippen molar-refractivity contribution >= 4 is 11.3 Å². The first-order chi connectivity index (χ1) is 9.81. The Morgan fingerprint density at radius 2 is 2.15 bits per heavy atom. The van der Waals surface area contributed by atoms with Crippen LogP contribution in [0.2, 0.25) is 0 Å². The lowest BCUT2D eigenvalue weighted by molar-refractivity contribution is 0.133. The molecule has 0 spiro atoms. The molecule has 2 fully saturated rings. The van der Waals surface area contributed by atoms with Crippen molar-refractivity contribution in [3.05, 3.63) is 24.2 Å². The SMILES string of the molecule is Cc1cc2c(N3CCN4CCCCC4C3)nccn2n1. The van der Waals surface area contributed by atoms with Crippen molar-refractivity contribution in [2.75, 3.05) is 31.1 Å². The molecule has 4 rings (SSSR count). The third kappa shape index (κ3) is 1.97. The van der Waals surface area contributed by atoms with Crippen LogP contribution >= 0.6 is 0 Å². The third-order valence-electron chi connectivity index (χ3n) is 4.63. The molecular weight excluding hydrogens is 250 g/mol. The molecule has 1 atom stereocenters. The van der Waals surface area contributed by atoms with Crippen molar-refractivity contribution in [3.63, 3.8) is 0 Å². The Bertz CT molecular complexity index is 620. The number of piperazine rings is 1. The normalized spacial score (nSPS) is 24.1. The average Bonchev–Trinajstić information content (AvgIpc) is 2.86. The lowest BCUT2D eigenvalue weighted by Gasteiger charge is -2.44.